The Morgan fingerprint density at radius 1 is 0.312 bits per heavy atom. The van der Waals surface area contributed by atoms with Gasteiger partial charge in [-0.2, -0.15) is 0 Å². The minimum Gasteiger partial charge on any atom is -0.456 e. The average Bonchev–Trinajstić information content (AvgIpc) is 3.85. The Hall–Kier alpha value is -8.14. The summed E-state index contributed by atoms with van der Waals surface area (Å²) in [6, 6.07) is 78.0. The molecule has 302 valence electrons. The van der Waals surface area contributed by atoms with Crippen LogP contribution in [0, 0.1) is 0 Å². The lowest BCUT2D eigenvalue weighted by Gasteiger charge is -2.22. The standard InChI is InChI=1S/C61H42N2O/c1-61(2)54-36-44(39-15-6-3-7-16-39)25-28-50(54)51-29-26-45(37-55(51)61)42-21-14-22-46(31-42)56-38-57(63-60(62-56)41-19-10-5-11-20-41)49-33-47(40-17-8-4-9-18-40)32-48(34-49)43-27-30-59-53(35-43)52-23-12-13-24-58(52)64-59/h3-38H,1-2H3. The molecule has 0 N–H and O–H groups in total. The molecule has 1 aliphatic carbocycles. The van der Waals surface area contributed by atoms with E-state index in [4.69, 9.17) is 14.4 Å². The summed E-state index contributed by atoms with van der Waals surface area (Å²) >= 11 is 0. The second kappa shape index (κ2) is 15.0. The second-order valence-corrected chi connectivity index (χ2v) is 17.4. The van der Waals surface area contributed by atoms with Crippen molar-refractivity contribution in [3.63, 3.8) is 0 Å². The predicted molar refractivity (Wildman–Crippen MR) is 265 cm³/mol. The van der Waals surface area contributed by atoms with Crippen LogP contribution >= 0.6 is 0 Å². The minimum absolute atomic E-state index is 0.152. The number of nitrogens with zero attached hydrogens (tertiary/aromatic N) is 2. The van der Waals surface area contributed by atoms with Gasteiger partial charge in [0.05, 0.1) is 11.4 Å². The van der Waals surface area contributed by atoms with Crippen LogP contribution in [0.4, 0.5) is 0 Å². The molecule has 0 fully saturated rings. The van der Waals surface area contributed by atoms with Gasteiger partial charge in [0.1, 0.15) is 11.2 Å². The van der Waals surface area contributed by atoms with Gasteiger partial charge in [-0.15, -0.1) is 0 Å². The lowest BCUT2D eigenvalue weighted by atomic mass is 9.81. The molecule has 0 atom stereocenters. The van der Waals surface area contributed by atoms with Gasteiger partial charge < -0.3 is 4.42 Å². The van der Waals surface area contributed by atoms with E-state index in [1.54, 1.807) is 0 Å². The third-order valence-electron chi connectivity index (χ3n) is 13.1. The molecule has 2 heterocycles. The van der Waals surface area contributed by atoms with E-state index in [1.165, 1.54) is 38.9 Å². The average molecular weight is 819 g/mol. The van der Waals surface area contributed by atoms with Crippen molar-refractivity contribution in [2.24, 2.45) is 0 Å². The summed E-state index contributed by atoms with van der Waals surface area (Å²) in [5, 5.41) is 2.21. The lowest BCUT2D eigenvalue weighted by Crippen LogP contribution is -2.15. The molecule has 2 aromatic heterocycles. The molecule has 3 nitrogen and oxygen atoms in total. The molecule has 64 heavy (non-hydrogen) atoms. The van der Waals surface area contributed by atoms with Crippen LogP contribution < -0.4 is 0 Å². The van der Waals surface area contributed by atoms with E-state index in [2.05, 4.69) is 202 Å². The molecule has 0 amide bonds. The van der Waals surface area contributed by atoms with Gasteiger partial charge in [-0.25, -0.2) is 9.97 Å². The largest absolute Gasteiger partial charge is 0.456 e. The van der Waals surface area contributed by atoms with Crippen LogP contribution in [0.5, 0.6) is 0 Å². The molecular weight excluding hydrogens is 777 g/mol. The van der Waals surface area contributed by atoms with Gasteiger partial charge in [0.2, 0.25) is 0 Å². The Bertz CT molecular complexity index is 3570. The number of hydrogen-bond acceptors (Lipinski definition) is 3. The molecule has 0 bridgehead atoms. The monoisotopic (exact) mass is 818 g/mol. The molecule has 0 saturated heterocycles. The van der Waals surface area contributed by atoms with Crippen LogP contribution in [0.1, 0.15) is 25.0 Å². The van der Waals surface area contributed by atoms with E-state index in [-0.39, 0.29) is 5.41 Å². The second-order valence-electron chi connectivity index (χ2n) is 17.4. The van der Waals surface area contributed by atoms with Crippen LogP contribution in [-0.4, -0.2) is 9.97 Å². The van der Waals surface area contributed by atoms with Gasteiger partial charge in [-0.1, -0.05) is 172 Å². The SMILES string of the molecule is CC1(C)c2cc(-c3ccccc3)ccc2-c2ccc(-c3cccc(-c4cc(-c5cc(-c6ccccc6)cc(-c6ccc7oc8ccccc8c7c6)c5)nc(-c5ccccc5)n4)c3)cc21. The summed E-state index contributed by atoms with van der Waals surface area (Å²) in [5.41, 5.74) is 21.0. The van der Waals surface area contributed by atoms with Gasteiger partial charge in [-0.3, -0.25) is 0 Å². The number of benzene rings is 9. The van der Waals surface area contributed by atoms with Gasteiger partial charge in [0.15, 0.2) is 5.82 Å². The van der Waals surface area contributed by atoms with Crippen molar-refractivity contribution >= 4 is 21.9 Å². The van der Waals surface area contributed by atoms with E-state index in [1.807, 2.05) is 30.3 Å². The summed E-state index contributed by atoms with van der Waals surface area (Å²) in [7, 11) is 0. The smallest absolute Gasteiger partial charge is 0.160 e. The summed E-state index contributed by atoms with van der Waals surface area (Å²) < 4.78 is 6.22. The molecule has 0 aliphatic heterocycles. The number of hydrogen-bond donors (Lipinski definition) is 0. The molecule has 3 heteroatoms. The van der Waals surface area contributed by atoms with Crippen molar-refractivity contribution in [2.75, 3.05) is 0 Å². The number of aromatic nitrogens is 2. The molecule has 11 aromatic rings. The molecule has 0 radical (unpaired) electrons. The maximum Gasteiger partial charge on any atom is 0.160 e. The maximum absolute atomic E-state index is 6.22. The molecule has 0 unspecified atom stereocenters. The highest BCUT2D eigenvalue weighted by molar-refractivity contribution is 6.06. The first kappa shape index (κ1) is 37.6. The molecule has 0 saturated carbocycles. The summed E-state index contributed by atoms with van der Waals surface area (Å²) in [5.74, 6) is 0.684. The van der Waals surface area contributed by atoms with Crippen LogP contribution in [0.25, 0.3) is 111 Å². The Labute approximate surface area is 373 Å². The van der Waals surface area contributed by atoms with Crippen molar-refractivity contribution in [2.45, 2.75) is 19.3 Å². The van der Waals surface area contributed by atoms with Gasteiger partial charge in [0.25, 0.3) is 0 Å². The normalized spacial score (nSPS) is 12.7. The van der Waals surface area contributed by atoms with Crippen LogP contribution in [-0.2, 0) is 5.41 Å². The molecule has 0 spiro atoms. The highest BCUT2D eigenvalue weighted by atomic mass is 16.3. The van der Waals surface area contributed by atoms with Crippen molar-refractivity contribution in [3.8, 4) is 89.5 Å². The predicted octanol–water partition coefficient (Wildman–Crippen LogP) is 16.4. The zero-order valence-corrected chi connectivity index (χ0v) is 35.6. The first-order valence-electron chi connectivity index (χ1n) is 22.0. The number of fused-ring (bicyclic) bond motifs is 6. The molecular formula is C61H42N2O. The van der Waals surface area contributed by atoms with Crippen molar-refractivity contribution in [1.82, 2.24) is 9.97 Å². The zero-order valence-electron chi connectivity index (χ0n) is 35.6. The van der Waals surface area contributed by atoms with Crippen molar-refractivity contribution < 1.29 is 4.42 Å². The molecule has 12 rings (SSSR count). The molecule has 9 aromatic carbocycles. The Kier molecular flexibility index (Phi) is 8.84. The Balaban J connectivity index is 0.971. The summed E-state index contributed by atoms with van der Waals surface area (Å²) in [6.45, 7) is 4.71. The Morgan fingerprint density at radius 3 is 1.45 bits per heavy atom. The Morgan fingerprint density at radius 2 is 0.766 bits per heavy atom. The van der Waals surface area contributed by atoms with Gasteiger partial charge >= 0.3 is 0 Å². The van der Waals surface area contributed by atoms with Gasteiger partial charge in [-0.05, 0) is 127 Å². The fourth-order valence-electron chi connectivity index (χ4n) is 9.69. The number of para-hydroxylation sites is 1. The van der Waals surface area contributed by atoms with Crippen molar-refractivity contribution in [3.05, 3.63) is 230 Å². The van der Waals surface area contributed by atoms with Gasteiger partial charge in [0, 0.05) is 32.9 Å². The van der Waals surface area contributed by atoms with E-state index in [9.17, 15) is 0 Å². The summed E-state index contributed by atoms with van der Waals surface area (Å²) in [4.78, 5) is 10.6. The van der Waals surface area contributed by atoms with Crippen LogP contribution in [0.3, 0.4) is 0 Å². The minimum atomic E-state index is -0.152. The topological polar surface area (TPSA) is 38.9 Å². The fourth-order valence-corrected chi connectivity index (χ4v) is 9.69. The van der Waals surface area contributed by atoms with Crippen LogP contribution in [0.2, 0.25) is 0 Å². The van der Waals surface area contributed by atoms with E-state index >= 15 is 0 Å². The zero-order chi connectivity index (χ0) is 42.8. The third-order valence-corrected chi connectivity index (χ3v) is 13.1. The fraction of sp³-hybridized carbons (Fsp3) is 0.0492. The number of rotatable bonds is 7. The number of furan rings is 1. The van der Waals surface area contributed by atoms with E-state index < -0.39 is 0 Å². The van der Waals surface area contributed by atoms with E-state index in [0.29, 0.717) is 5.82 Å². The first-order valence-corrected chi connectivity index (χ1v) is 22.0. The highest BCUT2D eigenvalue weighted by Gasteiger charge is 2.36. The first-order chi connectivity index (χ1) is 31.4. The van der Waals surface area contributed by atoms with Crippen LogP contribution in [0.15, 0.2) is 223 Å². The highest BCUT2D eigenvalue weighted by Crippen LogP contribution is 2.51. The third kappa shape index (κ3) is 6.53. The lowest BCUT2D eigenvalue weighted by molar-refractivity contribution is 0.661. The maximum atomic E-state index is 6.22. The van der Waals surface area contributed by atoms with Crippen molar-refractivity contribution in [1.29, 1.82) is 0 Å². The molecule has 1 aliphatic rings. The summed E-state index contributed by atoms with van der Waals surface area (Å²) in [6.07, 6.45) is 0. The quantitative estimate of drug-likeness (QED) is 0.161. The van der Waals surface area contributed by atoms with E-state index in [0.717, 1.165) is 77.8 Å².